The van der Waals surface area contributed by atoms with E-state index >= 15 is 0 Å². The Balaban J connectivity index is 2.48. The fraction of sp³-hybridized carbons (Fsp3) is 0.692. The molecule has 0 radical (unpaired) electrons. The predicted octanol–water partition coefficient (Wildman–Crippen LogP) is 2.99. The van der Waals surface area contributed by atoms with E-state index in [1.807, 2.05) is 11.3 Å². The fourth-order valence-electron chi connectivity index (χ4n) is 1.69. The van der Waals surface area contributed by atoms with Crippen LogP contribution in [0.3, 0.4) is 0 Å². The smallest absolute Gasteiger partial charge is 0.0274 e. The lowest BCUT2D eigenvalue weighted by Crippen LogP contribution is -2.20. The largest absolute Gasteiger partial charge is 0.326 e. The van der Waals surface area contributed by atoms with Crippen LogP contribution >= 0.6 is 11.3 Å². The molecular weight excluding hydrogens is 216 g/mol. The molecule has 1 rings (SSSR count). The van der Waals surface area contributed by atoms with Gasteiger partial charge in [-0.25, -0.2) is 0 Å². The summed E-state index contributed by atoms with van der Waals surface area (Å²) in [6.07, 6.45) is 1.27. The maximum atomic E-state index is 5.66. The molecule has 0 aliphatic rings. The quantitative estimate of drug-likeness (QED) is 0.828. The number of rotatable bonds is 6. The van der Waals surface area contributed by atoms with Crippen molar-refractivity contribution in [3.05, 3.63) is 21.4 Å². The van der Waals surface area contributed by atoms with Crippen molar-refractivity contribution < 1.29 is 0 Å². The maximum Gasteiger partial charge on any atom is 0.0274 e. The van der Waals surface area contributed by atoms with Crippen molar-refractivity contribution in [2.45, 2.75) is 40.3 Å². The normalized spacial score (nSPS) is 11.7. The van der Waals surface area contributed by atoms with E-state index < -0.39 is 0 Å². The Morgan fingerprint density at radius 2 is 2.12 bits per heavy atom. The molecule has 0 spiro atoms. The van der Waals surface area contributed by atoms with Crippen molar-refractivity contribution >= 4 is 11.3 Å². The van der Waals surface area contributed by atoms with Gasteiger partial charge < -0.3 is 10.6 Å². The van der Waals surface area contributed by atoms with E-state index in [-0.39, 0.29) is 0 Å². The van der Waals surface area contributed by atoms with Crippen LogP contribution < -0.4 is 5.73 Å². The number of aryl methyl sites for hydroxylation is 1. The molecule has 0 saturated carbocycles. The fourth-order valence-corrected chi connectivity index (χ4v) is 2.63. The van der Waals surface area contributed by atoms with E-state index in [1.165, 1.54) is 28.3 Å². The van der Waals surface area contributed by atoms with Crippen LogP contribution in [0, 0.1) is 12.8 Å². The Hall–Kier alpha value is -0.380. The second kappa shape index (κ2) is 6.38. The predicted molar refractivity (Wildman–Crippen MR) is 72.7 cm³/mol. The van der Waals surface area contributed by atoms with Crippen LogP contribution in [0.5, 0.6) is 0 Å². The van der Waals surface area contributed by atoms with Crippen molar-refractivity contribution in [1.29, 1.82) is 0 Å². The third kappa shape index (κ3) is 4.24. The van der Waals surface area contributed by atoms with Gasteiger partial charge in [0.25, 0.3) is 0 Å². The molecule has 0 unspecified atom stereocenters. The first-order valence-electron chi connectivity index (χ1n) is 5.99. The van der Waals surface area contributed by atoms with Gasteiger partial charge in [0.05, 0.1) is 0 Å². The summed E-state index contributed by atoms with van der Waals surface area (Å²) >= 11 is 1.83. The highest BCUT2D eigenvalue weighted by molar-refractivity contribution is 7.12. The van der Waals surface area contributed by atoms with Crippen LogP contribution in [0.25, 0.3) is 0 Å². The number of nitrogens with zero attached hydrogens (tertiary/aromatic N) is 1. The molecule has 1 heterocycles. The van der Waals surface area contributed by atoms with Gasteiger partial charge in [-0.3, -0.25) is 0 Å². The molecule has 16 heavy (non-hydrogen) atoms. The molecule has 0 atom stereocenters. The number of thiophene rings is 1. The Bertz CT molecular complexity index is 318. The van der Waals surface area contributed by atoms with Gasteiger partial charge in [-0.1, -0.05) is 13.8 Å². The summed E-state index contributed by atoms with van der Waals surface area (Å²) in [4.78, 5) is 5.11. The summed E-state index contributed by atoms with van der Waals surface area (Å²) in [5.41, 5.74) is 7.10. The summed E-state index contributed by atoms with van der Waals surface area (Å²) in [6.45, 7) is 9.63. The topological polar surface area (TPSA) is 29.3 Å². The molecule has 0 aliphatic heterocycles. The van der Waals surface area contributed by atoms with Crippen LogP contribution in [-0.2, 0) is 13.1 Å². The molecule has 0 fully saturated rings. The second-order valence-corrected chi connectivity index (χ2v) is 6.26. The Morgan fingerprint density at radius 1 is 1.44 bits per heavy atom. The van der Waals surface area contributed by atoms with Crippen molar-refractivity contribution in [1.82, 2.24) is 4.90 Å². The summed E-state index contributed by atoms with van der Waals surface area (Å²) in [5, 5.41) is 0. The van der Waals surface area contributed by atoms with E-state index in [0.29, 0.717) is 6.54 Å². The molecular formula is C13H24N2S. The van der Waals surface area contributed by atoms with Crippen LogP contribution in [0.4, 0.5) is 0 Å². The number of nitrogens with two attached hydrogens (primary N) is 1. The third-order valence-electron chi connectivity index (χ3n) is 2.80. The van der Waals surface area contributed by atoms with Gasteiger partial charge in [-0.15, -0.1) is 11.3 Å². The SMILES string of the molecule is Cc1sc(CN)cc1CN(C)CCC(C)C. The van der Waals surface area contributed by atoms with Gasteiger partial charge in [0, 0.05) is 22.8 Å². The zero-order valence-electron chi connectivity index (χ0n) is 10.9. The highest BCUT2D eigenvalue weighted by Crippen LogP contribution is 2.22. The summed E-state index contributed by atoms with van der Waals surface area (Å²) < 4.78 is 0. The van der Waals surface area contributed by atoms with Gasteiger partial charge in [0.15, 0.2) is 0 Å². The standard InChI is InChI=1S/C13H24N2S/c1-10(2)5-6-15(4)9-12-7-13(8-14)16-11(12)3/h7,10H,5-6,8-9,14H2,1-4H3. The summed E-state index contributed by atoms with van der Waals surface area (Å²) in [5.74, 6) is 0.783. The molecule has 1 aromatic heterocycles. The summed E-state index contributed by atoms with van der Waals surface area (Å²) in [7, 11) is 2.20. The van der Waals surface area contributed by atoms with Gasteiger partial charge in [0.1, 0.15) is 0 Å². The first-order valence-corrected chi connectivity index (χ1v) is 6.81. The Labute approximate surface area is 103 Å². The molecule has 1 aromatic rings. The minimum Gasteiger partial charge on any atom is -0.326 e. The van der Waals surface area contributed by atoms with Crippen LogP contribution in [0.15, 0.2) is 6.07 Å². The molecule has 92 valence electrons. The van der Waals surface area contributed by atoms with E-state index in [9.17, 15) is 0 Å². The molecule has 0 aliphatic carbocycles. The van der Waals surface area contributed by atoms with Crippen molar-refractivity contribution in [2.24, 2.45) is 11.7 Å². The second-order valence-electron chi connectivity index (χ2n) is 4.92. The van der Waals surface area contributed by atoms with E-state index in [2.05, 4.69) is 38.8 Å². The molecule has 3 heteroatoms. The average Bonchev–Trinajstić information content (AvgIpc) is 2.57. The highest BCUT2D eigenvalue weighted by Gasteiger charge is 2.07. The summed E-state index contributed by atoms with van der Waals surface area (Å²) in [6, 6.07) is 2.26. The number of hydrogen-bond donors (Lipinski definition) is 1. The molecule has 0 aromatic carbocycles. The van der Waals surface area contributed by atoms with Gasteiger partial charge in [0.2, 0.25) is 0 Å². The Kier molecular flexibility index (Phi) is 5.46. The van der Waals surface area contributed by atoms with Crippen molar-refractivity contribution in [2.75, 3.05) is 13.6 Å². The zero-order valence-corrected chi connectivity index (χ0v) is 11.7. The minimum absolute atomic E-state index is 0.668. The molecule has 2 N–H and O–H groups in total. The van der Waals surface area contributed by atoms with Gasteiger partial charge >= 0.3 is 0 Å². The van der Waals surface area contributed by atoms with Crippen LogP contribution in [0.1, 0.15) is 35.6 Å². The molecule has 0 bridgehead atoms. The number of hydrogen-bond acceptors (Lipinski definition) is 3. The lowest BCUT2D eigenvalue weighted by atomic mass is 10.1. The van der Waals surface area contributed by atoms with Crippen molar-refractivity contribution in [3.63, 3.8) is 0 Å². The molecule has 0 saturated heterocycles. The third-order valence-corrected chi connectivity index (χ3v) is 3.92. The van der Waals surface area contributed by atoms with E-state index in [0.717, 1.165) is 12.5 Å². The van der Waals surface area contributed by atoms with Crippen molar-refractivity contribution in [3.8, 4) is 0 Å². The average molecular weight is 240 g/mol. The Morgan fingerprint density at radius 3 is 2.62 bits per heavy atom. The minimum atomic E-state index is 0.668. The van der Waals surface area contributed by atoms with Gasteiger partial charge in [-0.2, -0.15) is 0 Å². The molecule has 2 nitrogen and oxygen atoms in total. The van der Waals surface area contributed by atoms with Gasteiger partial charge in [-0.05, 0) is 44.5 Å². The zero-order chi connectivity index (χ0) is 12.1. The first-order chi connectivity index (χ1) is 7.52. The van der Waals surface area contributed by atoms with Crippen LogP contribution in [0.2, 0.25) is 0 Å². The first kappa shape index (κ1) is 13.7. The van der Waals surface area contributed by atoms with E-state index in [1.54, 1.807) is 0 Å². The lowest BCUT2D eigenvalue weighted by Gasteiger charge is -2.17. The lowest BCUT2D eigenvalue weighted by molar-refractivity contribution is 0.303. The monoisotopic (exact) mass is 240 g/mol. The molecule has 0 amide bonds. The van der Waals surface area contributed by atoms with Crippen LogP contribution in [-0.4, -0.2) is 18.5 Å². The van der Waals surface area contributed by atoms with E-state index in [4.69, 9.17) is 5.73 Å². The maximum absolute atomic E-state index is 5.66. The highest BCUT2D eigenvalue weighted by atomic mass is 32.1.